The zero-order valence-electron chi connectivity index (χ0n) is 12.1. The van der Waals surface area contributed by atoms with Crippen LogP contribution < -0.4 is 0 Å². The lowest BCUT2D eigenvalue weighted by Crippen LogP contribution is -2.43. The maximum absolute atomic E-state index is 12.0. The third kappa shape index (κ3) is 4.15. The molecular formula is C16H19NO4. The van der Waals surface area contributed by atoms with Gasteiger partial charge in [0, 0.05) is 25.9 Å². The van der Waals surface area contributed by atoms with Gasteiger partial charge in [0.25, 0.3) is 0 Å². The van der Waals surface area contributed by atoms with Crippen molar-refractivity contribution in [3.63, 3.8) is 0 Å². The van der Waals surface area contributed by atoms with Crippen LogP contribution in [-0.2, 0) is 20.9 Å². The van der Waals surface area contributed by atoms with Gasteiger partial charge in [-0.3, -0.25) is 9.59 Å². The number of hydrogen-bond acceptors (Lipinski definition) is 4. The van der Waals surface area contributed by atoms with E-state index >= 15 is 0 Å². The predicted molar refractivity (Wildman–Crippen MR) is 76.6 cm³/mol. The van der Waals surface area contributed by atoms with Gasteiger partial charge in [-0.2, -0.15) is 0 Å². The molecule has 1 saturated heterocycles. The average molecular weight is 289 g/mol. The molecule has 1 aliphatic heterocycles. The Kier molecular flexibility index (Phi) is 5.09. The molecule has 0 aliphatic carbocycles. The molecule has 1 aromatic rings. The topological polar surface area (TPSA) is 63.7 Å². The molecule has 0 spiro atoms. The van der Waals surface area contributed by atoms with E-state index in [1.807, 2.05) is 30.3 Å². The first kappa shape index (κ1) is 15.2. The molecule has 1 aliphatic rings. The van der Waals surface area contributed by atoms with Gasteiger partial charge in [-0.05, 0) is 18.4 Å². The van der Waals surface area contributed by atoms with E-state index in [0.29, 0.717) is 19.4 Å². The first-order valence-corrected chi connectivity index (χ1v) is 7.08. The van der Waals surface area contributed by atoms with Crippen LogP contribution >= 0.6 is 0 Å². The summed E-state index contributed by atoms with van der Waals surface area (Å²) in [6.07, 6.45) is 0.935. The zero-order chi connectivity index (χ0) is 15.2. The number of likely N-dealkylation sites (tertiary alicyclic amines) is 1. The van der Waals surface area contributed by atoms with Crippen molar-refractivity contribution in [3.05, 3.63) is 35.9 Å². The number of Topliss-reactive ketones (excluding diaryl/α,β-unsaturated/α-hetero) is 2. The van der Waals surface area contributed by atoms with E-state index in [0.717, 1.165) is 5.56 Å². The Bertz CT molecular complexity index is 526. The number of ketones is 2. The van der Waals surface area contributed by atoms with E-state index in [2.05, 4.69) is 0 Å². The predicted octanol–water partition coefficient (Wildman–Crippen LogP) is 2.19. The molecule has 1 fully saturated rings. The van der Waals surface area contributed by atoms with Gasteiger partial charge >= 0.3 is 6.09 Å². The number of amides is 1. The van der Waals surface area contributed by atoms with Crippen molar-refractivity contribution < 1.29 is 19.1 Å². The first-order valence-electron chi connectivity index (χ1n) is 7.08. The SMILES string of the molecule is CC(=O)C(=O)C1CCCN(C(=O)OCc2ccccc2)C1. The molecule has 0 saturated carbocycles. The van der Waals surface area contributed by atoms with Crippen molar-refractivity contribution in [1.82, 2.24) is 4.90 Å². The van der Waals surface area contributed by atoms with E-state index in [1.54, 1.807) is 0 Å². The number of carbonyl (C=O) groups is 3. The van der Waals surface area contributed by atoms with E-state index in [1.165, 1.54) is 11.8 Å². The summed E-state index contributed by atoms with van der Waals surface area (Å²) < 4.78 is 5.25. The highest BCUT2D eigenvalue weighted by atomic mass is 16.6. The third-order valence-corrected chi connectivity index (χ3v) is 3.60. The Balaban J connectivity index is 1.87. The number of carbonyl (C=O) groups excluding carboxylic acids is 3. The van der Waals surface area contributed by atoms with Crippen molar-refractivity contribution in [3.8, 4) is 0 Å². The molecule has 0 bridgehead atoms. The van der Waals surface area contributed by atoms with Crippen LogP contribution in [-0.4, -0.2) is 35.6 Å². The minimum Gasteiger partial charge on any atom is -0.445 e. The third-order valence-electron chi connectivity index (χ3n) is 3.60. The Morgan fingerprint density at radius 2 is 1.95 bits per heavy atom. The molecule has 5 heteroatoms. The van der Waals surface area contributed by atoms with Gasteiger partial charge in [0.1, 0.15) is 6.61 Å². The highest BCUT2D eigenvalue weighted by Crippen LogP contribution is 2.18. The van der Waals surface area contributed by atoms with Crippen LogP contribution in [0.2, 0.25) is 0 Å². The molecule has 0 N–H and O–H groups in total. The summed E-state index contributed by atoms with van der Waals surface area (Å²) in [5, 5.41) is 0. The average Bonchev–Trinajstić information content (AvgIpc) is 2.53. The maximum atomic E-state index is 12.0. The van der Waals surface area contributed by atoms with Crippen molar-refractivity contribution in [2.45, 2.75) is 26.4 Å². The highest BCUT2D eigenvalue weighted by molar-refractivity contribution is 6.37. The van der Waals surface area contributed by atoms with Crippen LogP contribution in [0.4, 0.5) is 4.79 Å². The summed E-state index contributed by atoms with van der Waals surface area (Å²) in [4.78, 5) is 36.4. The summed E-state index contributed by atoms with van der Waals surface area (Å²) in [6.45, 7) is 2.32. The Labute approximate surface area is 123 Å². The molecule has 5 nitrogen and oxygen atoms in total. The maximum Gasteiger partial charge on any atom is 0.410 e. The molecular weight excluding hydrogens is 270 g/mol. The fourth-order valence-corrected chi connectivity index (χ4v) is 2.46. The molecule has 0 aromatic heterocycles. The van der Waals surface area contributed by atoms with Crippen LogP contribution in [0, 0.1) is 5.92 Å². The lowest BCUT2D eigenvalue weighted by atomic mass is 9.92. The second kappa shape index (κ2) is 7.02. The van der Waals surface area contributed by atoms with E-state index in [-0.39, 0.29) is 19.1 Å². The second-order valence-corrected chi connectivity index (χ2v) is 5.25. The number of benzene rings is 1. The smallest absolute Gasteiger partial charge is 0.410 e. The van der Waals surface area contributed by atoms with Crippen LogP contribution in [0.3, 0.4) is 0 Å². The highest BCUT2D eigenvalue weighted by Gasteiger charge is 2.30. The minimum atomic E-state index is -0.445. The largest absolute Gasteiger partial charge is 0.445 e. The van der Waals surface area contributed by atoms with Crippen LogP contribution in [0.15, 0.2) is 30.3 Å². The quantitative estimate of drug-likeness (QED) is 0.797. The van der Waals surface area contributed by atoms with Crippen molar-refractivity contribution in [2.24, 2.45) is 5.92 Å². The standard InChI is InChI=1S/C16H19NO4/c1-12(18)15(19)14-8-5-9-17(10-14)16(20)21-11-13-6-3-2-4-7-13/h2-4,6-7,14H,5,8-11H2,1H3. The molecule has 2 rings (SSSR count). The molecule has 1 unspecified atom stereocenters. The number of ether oxygens (including phenoxy) is 1. The van der Waals surface area contributed by atoms with Crippen LogP contribution in [0.25, 0.3) is 0 Å². The number of hydrogen-bond donors (Lipinski definition) is 0. The first-order chi connectivity index (χ1) is 10.1. The van der Waals surface area contributed by atoms with Gasteiger partial charge in [0.15, 0.2) is 5.78 Å². The van der Waals surface area contributed by atoms with Gasteiger partial charge in [-0.25, -0.2) is 4.79 Å². The summed E-state index contributed by atoms with van der Waals surface area (Å²) in [5.74, 6) is -1.23. The fourth-order valence-electron chi connectivity index (χ4n) is 2.46. The monoisotopic (exact) mass is 289 g/mol. The van der Waals surface area contributed by atoms with Crippen molar-refractivity contribution >= 4 is 17.7 Å². The van der Waals surface area contributed by atoms with Gasteiger partial charge in [-0.15, -0.1) is 0 Å². The van der Waals surface area contributed by atoms with E-state index < -0.39 is 17.7 Å². The molecule has 1 heterocycles. The Morgan fingerprint density at radius 1 is 1.24 bits per heavy atom. The minimum absolute atomic E-state index is 0.210. The van der Waals surface area contributed by atoms with Crippen LogP contribution in [0.5, 0.6) is 0 Å². The molecule has 112 valence electrons. The number of rotatable bonds is 4. The zero-order valence-corrected chi connectivity index (χ0v) is 12.1. The molecule has 21 heavy (non-hydrogen) atoms. The molecule has 0 radical (unpaired) electrons. The van der Waals surface area contributed by atoms with Crippen LogP contribution in [0.1, 0.15) is 25.3 Å². The lowest BCUT2D eigenvalue weighted by molar-refractivity contribution is -0.138. The number of piperidine rings is 1. The summed E-state index contributed by atoms with van der Waals surface area (Å²) in [6, 6.07) is 9.42. The molecule has 1 aromatic carbocycles. The van der Waals surface area contributed by atoms with Gasteiger partial charge in [-0.1, -0.05) is 30.3 Å². The summed E-state index contributed by atoms with van der Waals surface area (Å²) >= 11 is 0. The van der Waals surface area contributed by atoms with Crippen molar-refractivity contribution in [2.75, 3.05) is 13.1 Å². The Hall–Kier alpha value is -2.17. The Morgan fingerprint density at radius 3 is 2.62 bits per heavy atom. The van der Waals surface area contributed by atoms with E-state index in [9.17, 15) is 14.4 Å². The second-order valence-electron chi connectivity index (χ2n) is 5.25. The lowest BCUT2D eigenvalue weighted by Gasteiger charge is -2.30. The van der Waals surface area contributed by atoms with Crippen molar-refractivity contribution in [1.29, 1.82) is 0 Å². The van der Waals surface area contributed by atoms with E-state index in [4.69, 9.17) is 4.74 Å². The summed E-state index contributed by atoms with van der Waals surface area (Å²) in [7, 11) is 0. The van der Waals surface area contributed by atoms with Gasteiger partial charge in [0.05, 0.1) is 0 Å². The fraction of sp³-hybridized carbons (Fsp3) is 0.438. The molecule has 1 atom stereocenters. The normalized spacial score (nSPS) is 18.1. The molecule has 1 amide bonds. The van der Waals surface area contributed by atoms with Gasteiger partial charge < -0.3 is 9.64 Å². The summed E-state index contributed by atoms with van der Waals surface area (Å²) in [5.41, 5.74) is 0.916. The van der Waals surface area contributed by atoms with Gasteiger partial charge in [0.2, 0.25) is 5.78 Å². The number of nitrogens with zero attached hydrogens (tertiary/aromatic N) is 1.